The molecule has 2 heterocycles. The van der Waals surface area contributed by atoms with E-state index in [0.29, 0.717) is 11.8 Å². The lowest BCUT2D eigenvalue weighted by molar-refractivity contribution is 0.00859. The van der Waals surface area contributed by atoms with Gasteiger partial charge in [-0.25, -0.2) is 4.79 Å². The Bertz CT molecular complexity index is 333. The van der Waals surface area contributed by atoms with Gasteiger partial charge in [0.2, 0.25) is 0 Å². The van der Waals surface area contributed by atoms with E-state index in [4.69, 9.17) is 4.74 Å². The molecule has 2 aliphatic heterocycles. The molecule has 1 N–H and O–H groups in total. The van der Waals surface area contributed by atoms with Gasteiger partial charge < -0.3 is 15.0 Å². The van der Waals surface area contributed by atoms with Crippen LogP contribution in [0.4, 0.5) is 4.79 Å². The van der Waals surface area contributed by atoms with Gasteiger partial charge in [0.15, 0.2) is 0 Å². The van der Waals surface area contributed by atoms with Gasteiger partial charge in [-0.1, -0.05) is 0 Å². The van der Waals surface area contributed by atoms with Crippen molar-refractivity contribution in [2.24, 2.45) is 11.8 Å². The Morgan fingerprint density at radius 3 is 2.61 bits per heavy atom. The maximum atomic E-state index is 12.3. The number of hydrogen-bond donors (Lipinski definition) is 1. The largest absolute Gasteiger partial charge is 0.444 e. The second-order valence-electron chi connectivity index (χ2n) is 7.10. The predicted octanol–water partition coefficient (Wildman–Crippen LogP) is 2.24. The van der Waals surface area contributed by atoms with E-state index in [1.807, 2.05) is 25.7 Å². The second-order valence-corrected chi connectivity index (χ2v) is 7.10. The summed E-state index contributed by atoms with van der Waals surface area (Å²) in [5.41, 5.74) is -0.506. The molecule has 0 bridgehead atoms. The van der Waals surface area contributed by atoms with E-state index in [2.05, 4.69) is 19.2 Å². The Morgan fingerprint density at radius 2 is 2.06 bits per heavy atom. The first kappa shape index (κ1) is 13.7. The van der Waals surface area contributed by atoms with Crippen LogP contribution in [0.3, 0.4) is 0 Å². The molecule has 0 aromatic heterocycles. The molecule has 4 heteroatoms. The Labute approximate surface area is 110 Å². The SMILES string of the molecule is CC(C)(C)OC(=O)N1CC2CNCCC2C1(C)C. The van der Waals surface area contributed by atoms with Gasteiger partial charge in [-0.3, -0.25) is 0 Å². The monoisotopic (exact) mass is 254 g/mol. The van der Waals surface area contributed by atoms with Crippen molar-refractivity contribution >= 4 is 6.09 Å². The van der Waals surface area contributed by atoms with Crippen molar-refractivity contribution in [2.75, 3.05) is 19.6 Å². The lowest BCUT2D eigenvalue weighted by Crippen LogP contribution is -2.49. The summed E-state index contributed by atoms with van der Waals surface area (Å²) in [6.07, 6.45) is 0.985. The maximum Gasteiger partial charge on any atom is 0.410 e. The number of nitrogens with one attached hydrogen (secondary N) is 1. The number of piperidine rings is 1. The molecule has 0 saturated carbocycles. The molecule has 2 fully saturated rings. The van der Waals surface area contributed by atoms with Crippen LogP contribution in [-0.2, 0) is 4.74 Å². The standard InChI is InChI=1S/C14H26N2O2/c1-13(2,3)18-12(17)16-9-10-8-15-7-6-11(10)14(16,4)5/h10-11,15H,6-9H2,1-5H3. The zero-order chi connectivity index (χ0) is 13.6. The average Bonchev–Trinajstić information content (AvgIpc) is 2.49. The third kappa shape index (κ3) is 2.48. The van der Waals surface area contributed by atoms with Crippen molar-refractivity contribution in [3.05, 3.63) is 0 Å². The lowest BCUT2D eigenvalue weighted by Gasteiger charge is -2.38. The summed E-state index contributed by atoms with van der Waals surface area (Å²) >= 11 is 0. The summed E-state index contributed by atoms with van der Waals surface area (Å²) in [5, 5.41) is 3.42. The number of fused-ring (bicyclic) bond motifs is 1. The van der Waals surface area contributed by atoms with Crippen LogP contribution >= 0.6 is 0 Å². The van der Waals surface area contributed by atoms with Crippen molar-refractivity contribution < 1.29 is 9.53 Å². The molecule has 2 aliphatic rings. The number of ether oxygens (including phenoxy) is 1. The average molecular weight is 254 g/mol. The minimum absolute atomic E-state index is 0.0882. The van der Waals surface area contributed by atoms with Crippen LogP contribution in [0.25, 0.3) is 0 Å². The highest BCUT2D eigenvalue weighted by molar-refractivity contribution is 5.69. The molecular formula is C14H26N2O2. The quantitative estimate of drug-likeness (QED) is 0.721. The highest BCUT2D eigenvalue weighted by Gasteiger charge is 2.51. The van der Waals surface area contributed by atoms with Crippen molar-refractivity contribution in [1.82, 2.24) is 10.2 Å². The van der Waals surface area contributed by atoms with Crippen LogP contribution in [-0.4, -0.2) is 41.8 Å². The number of nitrogens with zero attached hydrogens (tertiary/aromatic N) is 1. The van der Waals surface area contributed by atoms with E-state index in [1.54, 1.807) is 0 Å². The minimum atomic E-state index is -0.417. The number of amides is 1. The number of carbonyl (C=O) groups excluding carboxylic acids is 1. The van der Waals surface area contributed by atoms with Crippen LogP contribution in [0.5, 0.6) is 0 Å². The molecule has 4 nitrogen and oxygen atoms in total. The maximum absolute atomic E-state index is 12.3. The molecule has 2 saturated heterocycles. The fraction of sp³-hybridized carbons (Fsp3) is 0.929. The highest BCUT2D eigenvalue weighted by Crippen LogP contribution is 2.42. The zero-order valence-electron chi connectivity index (χ0n) is 12.2. The van der Waals surface area contributed by atoms with E-state index in [0.717, 1.165) is 26.1 Å². The molecule has 0 aromatic rings. The van der Waals surface area contributed by atoms with Crippen molar-refractivity contribution in [2.45, 2.75) is 52.2 Å². The molecule has 104 valence electrons. The Hall–Kier alpha value is -0.770. The molecule has 18 heavy (non-hydrogen) atoms. The Kier molecular flexibility index (Phi) is 3.34. The van der Waals surface area contributed by atoms with Gasteiger partial charge in [-0.15, -0.1) is 0 Å². The number of hydrogen-bond acceptors (Lipinski definition) is 3. The molecule has 1 amide bonds. The molecule has 0 aliphatic carbocycles. The van der Waals surface area contributed by atoms with Crippen LogP contribution in [0, 0.1) is 11.8 Å². The van der Waals surface area contributed by atoms with Gasteiger partial charge in [0.05, 0.1) is 0 Å². The van der Waals surface area contributed by atoms with Crippen LogP contribution in [0.1, 0.15) is 41.0 Å². The van der Waals surface area contributed by atoms with E-state index in [9.17, 15) is 4.79 Å². The van der Waals surface area contributed by atoms with Crippen LogP contribution in [0.15, 0.2) is 0 Å². The summed E-state index contributed by atoms with van der Waals surface area (Å²) in [5.74, 6) is 1.16. The summed E-state index contributed by atoms with van der Waals surface area (Å²) in [6, 6.07) is 0. The summed E-state index contributed by atoms with van der Waals surface area (Å²) in [6.45, 7) is 13.0. The normalized spacial score (nSPS) is 31.1. The van der Waals surface area contributed by atoms with Gasteiger partial charge in [-0.05, 0) is 66.0 Å². The fourth-order valence-corrected chi connectivity index (χ4v) is 3.34. The first-order chi connectivity index (χ1) is 8.22. The third-order valence-corrected chi connectivity index (χ3v) is 4.24. The summed E-state index contributed by atoms with van der Waals surface area (Å²) in [4.78, 5) is 14.2. The lowest BCUT2D eigenvalue weighted by atomic mass is 9.78. The fourth-order valence-electron chi connectivity index (χ4n) is 3.34. The van der Waals surface area contributed by atoms with Gasteiger partial charge in [0.1, 0.15) is 5.60 Å². The Morgan fingerprint density at radius 1 is 1.39 bits per heavy atom. The third-order valence-electron chi connectivity index (χ3n) is 4.24. The molecule has 2 atom stereocenters. The van der Waals surface area contributed by atoms with Crippen LogP contribution < -0.4 is 5.32 Å². The smallest absolute Gasteiger partial charge is 0.410 e. The minimum Gasteiger partial charge on any atom is -0.444 e. The van der Waals surface area contributed by atoms with Crippen molar-refractivity contribution in [3.8, 4) is 0 Å². The molecular weight excluding hydrogens is 228 g/mol. The summed E-state index contributed by atoms with van der Waals surface area (Å²) in [7, 11) is 0. The van der Waals surface area contributed by atoms with Gasteiger partial charge in [0.25, 0.3) is 0 Å². The highest BCUT2D eigenvalue weighted by atomic mass is 16.6. The van der Waals surface area contributed by atoms with E-state index < -0.39 is 5.60 Å². The molecule has 0 aromatic carbocycles. The number of carbonyl (C=O) groups is 1. The van der Waals surface area contributed by atoms with Gasteiger partial charge in [-0.2, -0.15) is 0 Å². The summed E-state index contributed by atoms with van der Waals surface area (Å²) < 4.78 is 5.53. The number of likely N-dealkylation sites (tertiary alicyclic amines) is 1. The van der Waals surface area contributed by atoms with E-state index >= 15 is 0 Å². The molecule has 2 rings (SSSR count). The van der Waals surface area contributed by atoms with Crippen LogP contribution in [0.2, 0.25) is 0 Å². The van der Waals surface area contributed by atoms with Crippen molar-refractivity contribution in [3.63, 3.8) is 0 Å². The second kappa shape index (κ2) is 4.41. The number of rotatable bonds is 0. The zero-order valence-corrected chi connectivity index (χ0v) is 12.2. The van der Waals surface area contributed by atoms with Crippen molar-refractivity contribution in [1.29, 1.82) is 0 Å². The molecule has 2 unspecified atom stereocenters. The van der Waals surface area contributed by atoms with Gasteiger partial charge >= 0.3 is 6.09 Å². The van der Waals surface area contributed by atoms with Gasteiger partial charge in [0, 0.05) is 12.1 Å². The topological polar surface area (TPSA) is 41.6 Å². The first-order valence-electron chi connectivity index (χ1n) is 6.93. The Balaban J connectivity index is 2.11. The molecule has 0 radical (unpaired) electrons. The molecule has 0 spiro atoms. The first-order valence-corrected chi connectivity index (χ1v) is 6.93. The van der Waals surface area contributed by atoms with E-state index in [-0.39, 0.29) is 11.6 Å². The van der Waals surface area contributed by atoms with E-state index in [1.165, 1.54) is 0 Å². The predicted molar refractivity (Wildman–Crippen MR) is 71.5 cm³/mol.